The van der Waals surface area contributed by atoms with E-state index in [4.69, 9.17) is 11.6 Å². The molecule has 3 aromatic carbocycles. The Hall–Kier alpha value is -3.36. The Morgan fingerprint density at radius 2 is 1.62 bits per heavy atom. The number of sulfonamides is 1. The molecule has 7 nitrogen and oxygen atoms in total. The third-order valence-electron chi connectivity index (χ3n) is 5.55. The molecule has 0 aromatic heterocycles. The molecule has 0 aliphatic carbocycles. The lowest BCUT2D eigenvalue weighted by Crippen LogP contribution is -2.31. The fourth-order valence-corrected chi connectivity index (χ4v) is 5.64. The topological polar surface area (TPSA) is 95.6 Å². The third kappa shape index (κ3) is 5.58. The van der Waals surface area contributed by atoms with Gasteiger partial charge in [-0.25, -0.2) is 8.42 Å². The first kappa shape index (κ1) is 23.8. The lowest BCUT2D eigenvalue weighted by atomic mass is 10.0. The number of amides is 2. The average molecular weight is 498 g/mol. The summed E-state index contributed by atoms with van der Waals surface area (Å²) >= 11 is 6.16. The van der Waals surface area contributed by atoms with Gasteiger partial charge in [-0.05, 0) is 48.4 Å². The molecule has 0 saturated carbocycles. The second-order valence-electron chi connectivity index (χ2n) is 7.96. The highest BCUT2D eigenvalue weighted by Gasteiger charge is 2.28. The third-order valence-corrected chi connectivity index (χ3v) is 7.75. The largest absolute Gasteiger partial charge is 0.345 e. The molecule has 1 fully saturated rings. The number of hydrogen-bond acceptors (Lipinski definition) is 4. The summed E-state index contributed by atoms with van der Waals surface area (Å²) in [5.74, 6) is -0.523. The summed E-state index contributed by atoms with van der Waals surface area (Å²) in [4.78, 5) is 25.7. The number of hydrogen-bond donors (Lipinski definition) is 2. The summed E-state index contributed by atoms with van der Waals surface area (Å²) in [5, 5.41) is 6.06. The van der Waals surface area contributed by atoms with Crippen molar-refractivity contribution in [1.29, 1.82) is 0 Å². The van der Waals surface area contributed by atoms with Crippen LogP contribution in [-0.4, -0.2) is 32.5 Å². The van der Waals surface area contributed by atoms with E-state index in [1.807, 2.05) is 30.3 Å². The summed E-state index contributed by atoms with van der Waals surface area (Å²) in [6.45, 7) is 0.456. The van der Waals surface area contributed by atoms with Crippen LogP contribution in [0.5, 0.6) is 0 Å². The van der Waals surface area contributed by atoms with Gasteiger partial charge in [0.05, 0.1) is 34.5 Å². The van der Waals surface area contributed by atoms with Crippen molar-refractivity contribution < 1.29 is 18.0 Å². The lowest BCUT2D eigenvalue weighted by molar-refractivity contribution is -0.116. The monoisotopic (exact) mass is 497 g/mol. The quantitative estimate of drug-likeness (QED) is 0.506. The minimum atomic E-state index is -3.26. The van der Waals surface area contributed by atoms with Crippen molar-refractivity contribution in [1.82, 2.24) is 5.32 Å². The van der Waals surface area contributed by atoms with Crippen LogP contribution in [0.25, 0.3) is 0 Å². The first-order valence-electron chi connectivity index (χ1n) is 10.8. The Morgan fingerprint density at radius 1 is 0.941 bits per heavy atom. The van der Waals surface area contributed by atoms with Crippen LogP contribution in [0, 0.1) is 0 Å². The highest BCUT2D eigenvalue weighted by molar-refractivity contribution is 7.93. The SMILES string of the molecule is O=C(CC(NC(=O)c1ccccc1Cl)c1ccccc1)Nc1ccc(N2CCCS2(=O)=O)cc1. The van der Waals surface area contributed by atoms with E-state index < -0.39 is 16.1 Å². The van der Waals surface area contributed by atoms with Gasteiger partial charge in [-0.2, -0.15) is 0 Å². The molecule has 9 heteroatoms. The molecule has 1 aliphatic heterocycles. The fraction of sp³-hybridized carbons (Fsp3) is 0.200. The van der Waals surface area contributed by atoms with Gasteiger partial charge in [-0.3, -0.25) is 13.9 Å². The predicted molar refractivity (Wildman–Crippen MR) is 134 cm³/mol. The summed E-state index contributed by atoms with van der Waals surface area (Å²) < 4.78 is 25.6. The maximum Gasteiger partial charge on any atom is 0.253 e. The summed E-state index contributed by atoms with van der Waals surface area (Å²) in [6, 6.07) is 22.1. The minimum Gasteiger partial charge on any atom is -0.345 e. The van der Waals surface area contributed by atoms with Crippen molar-refractivity contribution >= 4 is 44.8 Å². The lowest BCUT2D eigenvalue weighted by Gasteiger charge is -2.20. The smallest absolute Gasteiger partial charge is 0.253 e. The van der Waals surface area contributed by atoms with Gasteiger partial charge in [0.1, 0.15) is 0 Å². The average Bonchev–Trinajstić information content (AvgIpc) is 3.18. The maximum absolute atomic E-state index is 12.8. The molecular weight excluding hydrogens is 474 g/mol. The van der Waals surface area contributed by atoms with E-state index in [2.05, 4.69) is 10.6 Å². The molecular formula is C25H24ClN3O4S. The van der Waals surface area contributed by atoms with Crippen LogP contribution in [0.2, 0.25) is 5.02 Å². The highest BCUT2D eigenvalue weighted by atomic mass is 35.5. The fourth-order valence-electron chi connectivity index (χ4n) is 3.86. The van der Waals surface area contributed by atoms with Gasteiger partial charge in [0, 0.05) is 12.2 Å². The van der Waals surface area contributed by atoms with Crippen LogP contribution in [0.3, 0.4) is 0 Å². The van der Waals surface area contributed by atoms with Gasteiger partial charge in [0.2, 0.25) is 15.9 Å². The molecule has 0 spiro atoms. The molecule has 1 heterocycles. The molecule has 0 radical (unpaired) electrons. The van der Waals surface area contributed by atoms with E-state index in [0.29, 0.717) is 34.9 Å². The van der Waals surface area contributed by atoms with Crippen LogP contribution in [0.1, 0.15) is 34.8 Å². The minimum absolute atomic E-state index is 0.00244. The van der Waals surface area contributed by atoms with Crippen molar-refractivity contribution in [3.05, 3.63) is 95.0 Å². The van der Waals surface area contributed by atoms with Gasteiger partial charge in [0.15, 0.2) is 0 Å². The van der Waals surface area contributed by atoms with Crippen LogP contribution in [0.15, 0.2) is 78.9 Å². The molecule has 2 amide bonds. The first-order chi connectivity index (χ1) is 16.3. The molecule has 1 saturated heterocycles. The van der Waals surface area contributed by atoms with E-state index in [1.165, 1.54) is 4.31 Å². The summed E-state index contributed by atoms with van der Waals surface area (Å²) in [7, 11) is -3.26. The summed E-state index contributed by atoms with van der Waals surface area (Å²) in [5.41, 5.74) is 2.23. The maximum atomic E-state index is 12.8. The molecule has 176 valence electrons. The van der Waals surface area contributed by atoms with E-state index in [9.17, 15) is 18.0 Å². The van der Waals surface area contributed by atoms with E-state index in [1.54, 1.807) is 48.5 Å². The van der Waals surface area contributed by atoms with Crippen molar-refractivity contribution in [2.75, 3.05) is 21.9 Å². The molecule has 1 atom stereocenters. The number of anilines is 2. The molecule has 2 N–H and O–H groups in total. The van der Waals surface area contributed by atoms with Gasteiger partial charge in [-0.1, -0.05) is 54.1 Å². The predicted octanol–water partition coefficient (Wildman–Crippen LogP) is 4.38. The van der Waals surface area contributed by atoms with Crippen LogP contribution in [-0.2, 0) is 14.8 Å². The number of benzene rings is 3. The molecule has 4 rings (SSSR count). The van der Waals surface area contributed by atoms with E-state index in [0.717, 1.165) is 5.56 Å². The summed E-state index contributed by atoms with van der Waals surface area (Å²) in [6.07, 6.45) is 0.601. The Balaban J connectivity index is 1.45. The number of nitrogens with one attached hydrogen (secondary N) is 2. The van der Waals surface area contributed by atoms with E-state index >= 15 is 0 Å². The Morgan fingerprint density at radius 3 is 2.26 bits per heavy atom. The van der Waals surface area contributed by atoms with Crippen molar-refractivity contribution in [3.63, 3.8) is 0 Å². The number of halogens is 1. The van der Waals surface area contributed by atoms with Crippen LogP contribution >= 0.6 is 11.6 Å². The Bertz CT molecular complexity index is 1280. The van der Waals surface area contributed by atoms with Crippen molar-refractivity contribution in [2.45, 2.75) is 18.9 Å². The second-order valence-corrected chi connectivity index (χ2v) is 10.4. The van der Waals surface area contributed by atoms with Gasteiger partial charge in [0.25, 0.3) is 5.91 Å². The number of rotatable bonds is 7. The second kappa shape index (κ2) is 10.3. The highest BCUT2D eigenvalue weighted by Crippen LogP contribution is 2.26. The zero-order chi connectivity index (χ0) is 24.1. The standard InChI is InChI=1S/C25H24ClN3O4S/c26-22-10-5-4-9-21(22)25(31)28-23(18-7-2-1-3-8-18)17-24(30)27-19-11-13-20(14-12-19)29-15-6-16-34(29,32)33/h1-5,7-14,23H,6,15-17H2,(H,27,30)(H,28,31). The molecule has 3 aromatic rings. The van der Waals surface area contributed by atoms with Crippen LogP contribution in [0.4, 0.5) is 11.4 Å². The molecule has 0 bridgehead atoms. The van der Waals surface area contributed by atoms with Crippen molar-refractivity contribution in [2.24, 2.45) is 0 Å². The molecule has 1 aliphatic rings. The normalized spacial score (nSPS) is 15.5. The Labute approximate surface area is 203 Å². The molecule has 34 heavy (non-hydrogen) atoms. The first-order valence-corrected chi connectivity index (χ1v) is 12.8. The van der Waals surface area contributed by atoms with Gasteiger partial charge < -0.3 is 10.6 Å². The number of carbonyl (C=O) groups excluding carboxylic acids is 2. The Kier molecular flexibility index (Phi) is 7.19. The molecule has 1 unspecified atom stereocenters. The van der Waals surface area contributed by atoms with Gasteiger partial charge in [-0.15, -0.1) is 0 Å². The number of nitrogens with zero attached hydrogens (tertiary/aromatic N) is 1. The van der Waals surface area contributed by atoms with Crippen molar-refractivity contribution in [3.8, 4) is 0 Å². The number of carbonyl (C=O) groups is 2. The van der Waals surface area contributed by atoms with E-state index in [-0.39, 0.29) is 24.0 Å². The zero-order valence-corrected chi connectivity index (χ0v) is 19.9. The van der Waals surface area contributed by atoms with Crippen LogP contribution < -0.4 is 14.9 Å². The zero-order valence-electron chi connectivity index (χ0n) is 18.3. The van der Waals surface area contributed by atoms with Gasteiger partial charge >= 0.3 is 0 Å².